The molecule has 0 saturated carbocycles. The highest BCUT2D eigenvalue weighted by atomic mass is 32.2. The van der Waals surface area contributed by atoms with Crippen LogP contribution in [0, 0.1) is 0 Å². The normalized spacial score (nSPS) is 20.3. The lowest BCUT2D eigenvalue weighted by molar-refractivity contribution is -0.127. The van der Waals surface area contributed by atoms with Gasteiger partial charge in [0.05, 0.1) is 6.26 Å². The molecule has 1 amide bonds. The van der Waals surface area contributed by atoms with Crippen molar-refractivity contribution in [1.29, 1.82) is 0 Å². The number of carbonyl (C=O) groups is 1. The molecule has 0 aliphatic carbocycles. The van der Waals surface area contributed by atoms with E-state index >= 15 is 0 Å². The van der Waals surface area contributed by atoms with Crippen LogP contribution in [0.1, 0.15) is 25.3 Å². The van der Waals surface area contributed by atoms with Gasteiger partial charge in [0, 0.05) is 19.1 Å². The monoisotopic (exact) mass is 325 g/mol. The van der Waals surface area contributed by atoms with Crippen molar-refractivity contribution in [1.82, 2.24) is 9.62 Å². The summed E-state index contributed by atoms with van der Waals surface area (Å²) in [4.78, 5) is 12.4. The van der Waals surface area contributed by atoms with E-state index in [4.69, 9.17) is 5.73 Å². The fraction of sp³-hybridized carbons (Fsp3) is 0.533. The van der Waals surface area contributed by atoms with Gasteiger partial charge in [-0.1, -0.05) is 30.3 Å². The zero-order chi connectivity index (χ0) is 16.4. The number of rotatable bonds is 4. The van der Waals surface area contributed by atoms with E-state index in [-0.39, 0.29) is 11.9 Å². The second-order valence-electron chi connectivity index (χ2n) is 5.98. The fourth-order valence-corrected chi connectivity index (χ4v) is 3.46. The number of carbonyl (C=O) groups excluding carboxylic acids is 1. The predicted octanol–water partition coefficient (Wildman–Crippen LogP) is 0.401. The molecule has 3 N–H and O–H groups in total. The number of nitrogens with two attached hydrogens (primary N) is 1. The van der Waals surface area contributed by atoms with Crippen molar-refractivity contribution in [3.63, 3.8) is 0 Å². The van der Waals surface area contributed by atoms with Crippen molar-refractivity contribution >= 4 is 15.9 Å². The van der Waals surface area contributed by atoms with E-state index in [0.717, 1.165) is 5.56 Å². The van der Waals surface area contributed by atoms with Crippen LogP contribution in [-0.4, -0.2) is 44.0 Å². The number of sulfonamides is 1. The summed E-state index contributed by atoms with van der Waals surface area (Å²) < 4.78 is 24.4. The molecule has 1 unspecified atom stereocenters. The molecule has 0 bridgehead atoms. The van der Waals surface area contributed by atoms with Crippen LogP contribution in [0.3, 0.4) is 0 Å². The Hall–Kier alpha value is -1.44. The maximum absolute atomic E-state index is 12.4. The Morgan fingerprint density at radius 1 is 1.27 bits per heavy atom. The molecule has 122 valence electrons. The van der Waals surface area contributed by atoms with Gasteiger partial charge in [0.1, 0.15) is 5.54 Å². The minimum atomic E-state index is -3.15. The predicted molar refractivity (Wildman–Crippen MR) is 85.6 cm³/mol. The van der Waals surface area contributed by atoms with Gasteiger partial charge in [-0.3, -0.25) is 4.79 Å². The van der Waals surface area contributed by atoms with Crippen molar-refractivity contribution in [3.8, 4) is 0 Å². The SMILES string of the molecule is CC(N)(C(=O)NC1CCN(S(C)(=O)=O)CC1)c1ccccc1. The molecule has 0 aromatic heterocycles. The first kappa shape index (κ1) is 16.9. The first-order valence-electron chi connectivity index (χ1n) is 7.32. The van der Waals surface area contributed by atoms with Gasteiger partial charge in [-0.25, -0.2) is 12.7 Å². The molecule has 1 atom stereocenters. The third kappa shape index (κ3) is 3.85. The summed E-state index contributed by atoms with van der Waals surface area (Å²) in [6, 6.07) is 9.17. The number of hydrogen-bond donors (Lipinski definition) is 2. The van der Waals surface area contributed by atoms with Gasteiger partial charge in [-0.05, 0) is 25.3 Å². The topological polar surface area (TPSA) is 92.5 Å². The summed E-state index contributed by atoms with van der Waals surface area (Å²) in [5.41, 5.74) is 5.83. The van der Waals surface area contributed by atoms with E-state index in [2.05, 4.69) is 5.32 Å². The lowest BCUT2D eigenvalue weighted by atomic mass is 9.91. The molecule has 6 nitrogen and oxygen atoms in total. The fourth-order valence-electron chi connectivity index (χ4n) is 2.58. The molecule has 1 saturated heterocycles. The molecule has 0 spiro atoms. The third-order valence-corrected chi connectivity index (χ3v) is 5.41. The van der Waals surface area contributed by atoms with Gasteiger partial charge >= 0.3 is 0 Å². The van der Waals surface area contributed by atoms with Crippen molar-refractivity contribution in [2.24, 2.45) is 5.73 Å². The van der Waals surface area contributed by atoms with Crippen LogP contribution in [0.15, 0.2) is 30.3 Å². The van der Waals surface area contributed by atoms with Crippen molar-refractivity contribution in [3.05, 3.63) is 35.9 Å². The van der Waals surface area contributed by atoms with Crippen LogP contribution in [0.25, 0.3) is 0 Å². The number of amides is 1. The van der Waals surface area contributed by atoms with Gasteiger partial charge < -0.3 is 11.1 Å². The second kappa shape index (κ2) is 6.36. The highest BCUT2D eigenvalue weighted by Crippen LogP contribution is 2.19. The van der Waals surface area contributed by atoms with Gasteiger partial charge in [-0.15, -0.1) is 0 Å². The maximum Gasteiger partial charge on any atom is 0.244 e. The first-order chi connectivity index (χ1) is 10.2. The molecule has 1 aromatic carbocycles. The number of nitrogens with zero attached hydrogens (tertiary/aromatic N) is 1. The van der Waals surface area contributed by atoms with Crippen LogP contribution < -0.4 is 11.1 Å². The van der Waals surface area contributed by atoms with Crippen LogP contribution in [0.2, 0.25) is 0 Å². The summed E-state index contributed by atoms with van der Waals surface area (Å²) in [6.45, 7) is 2.54. The zero-order valence-corrected chi connectivity index (χ0v) is 13.8. The first-order valence-corrected chi connectivity index (χ1v) is 9.16. The average Bonchev–Trinajstić information content (AvgIpc) is 2.47. The lowest BCUT2D eigenvalue weighted by Crippen LogP contribution is -2.54. The summed E-state index contributed by atoms with van der Waals surface area (Å²) in [6.07, 6.45) is 2.41. The van der Waals surface area contributed by atoms with E-state index in [1.807, 2.05) is 30.3 Å². The van der Waals surface area contributed by atoms with Gasteiger partial charge in [0.15, 0.2) is 0 Å². The largest absolute Gasteiger partial charge is 0.351 e. The number of nitrogens with one attached hydrogen (secondary N) is 1. The van der Waals surface area contributed by atoms with Crippen molar-refractivity contribution in [2.45, 2.75) is 31.3 Å². The summed E-state index contributed by atoms with van der Waals surface area (Å²) in [5.74, 6) is -0.239. The van der Waals surface area contributed by atoms with Crippen LogP contribution >= 0.6 is 0 Å². The van der Waals surface area contributed by atoms with E-state index in [0.29, 0.717) is 25.9 Å². The van der Waals surface area contributed by atoms with Gasteiger partial charge in [0.25, 0.3) is 0 Å². The smallest absolute Gasteiger partial charge is 0.244 e. The van der Waals surface area contributed by atoms with E-state index < -0.39 is 15.6 Å². The Balaban J connectivity index is 1.96. The average molecular weight is 325 g/mol. The molecule has 2 rings (SSSR count). The Morgan fingerprint density at radius 2 is 1.82 bits per heavy atom. The number of hydrogen-bond acceptors (Lipinski definition) is 4. The lowest BCUT2D eigenvalue weighted by Gasteiger charge is -2.33. The zero-order valence-electron chi connectivity index (χ0n) is 13.0. The van der Waals surface area contributed by atoms with Gasteiger partial charge in [-0.2, -0.15) is 0 Å². The van der Waals surface area contributed by atoms with Crippen LogP contribution in [-0.2, 0) is 20.4 Å². The van der Waals surface area contributed by atoms with Gasteiger partial charge in [0.2, 0.25) is 15.9 Å². The quantitative estimate of drug-likeness (QED) is 0.838. The van der Waals surface area contributed by atoms with Crippen LogP contribution in [0.4, 0.5) is 0 Å². The molecular weight excluding hydrogens is 302 g/mol. The van der Waals surface area contributed by atoms with E-state index in [1.54, 1.807) is 6.92 Å². The van der Waals surface area contributed by atoms with Crippen molar-refractivity contribution in [2.75, 3.05) is 19.3 Å². The Kier molecular flexibility index (Phi) is 4.89. The highest BCUT2D eigenvalue weighted by Gasteiger charge is 2.33. The maximum atomic E-state index is 12.4. The highest BCUT2D eigenvalue weighted by molar-refractivity contribution is 7.88. The minimum absolute atomic E-state index is 0.0444. The number of piperidine rings is 1. The standard InChI is InChI=1S/C15H23N3O3S/c1-15(16,12-6-4-3-5-7-12)14(19)17-13-8-10-18(11-9-13)22(2,20)21/h3-7,13H,8-11,16H2,1-2H3,(H,17,19). The summed E-state index contributed by atoms with van der Waals surface area (Å²) >= 11 is 0. The number of benzene rings is 1. The molecule has 1 heterocycles. The van der Waals surface area contributed by atoms with Crippen molar-refractivity contribution < 1.29 is 13.2 Å². The molecule has 1 aliphatic rings. The molecule has 1 fully saturated rings. The molecule has 1 aliphatic heterocycles. The Morgan fingerprint density at radius 3 is 2.32 bits per heavy atom. The molecule has 22 heavy (non-hydrogen) atoms. The Bertz CT molecular complexity index is 621. The van der Waals surface area contributed by atoms with Crippen LogP contribution in [0.5, 0.6) is 0 Å². The van der Waals surface area contributed by atoms with E-state index in [9.17, 15) is 13.2 Å². The molecular formula is C15H23N3O3S. The molecule has 7 heteroatoms. The molecule has 0 radical (unpaired) electrons. The Labute approximate surface area is 131 Å². The molecule has 1 aromatic rings. The second-order valence-corrected chi connectivity index (χ2v) is 7.96. The summed E-state index contributed by atoms with van der Waals surface area (Å²) in [5, 5.41) is 2.94. The summed E-state index contributed by atoms with van der Waals surface area (Å²) in [7, 11) is -3.15. The minimum Gasteiger partial charge on any atom is -0.351 e. The third-order valence-electron chi connectivity index (χ3n) is 4.10. The van der Waals surface area contributed by atoms with E-state index in [1.165, 1.54) is 10.6 Å².